The molecular weight excluding hydrogens is 418 g/mol. The van der Waals surface area contributed by atoms with E-state index in [1.165, 1.54) is 16.8 Å². The first-order valence-electron chi connectivity index (χ1n) is 9.55. The van der Waals surface area contributed by atoms with Crippen molar-refractivity contribution >= 4 is 27.8 Å². The number of carbonyl (C=O) groups excluding carboxylic acids is 1. The highest BCUT2D eigenvalue weighted by atomic mass is 79.9. The fourth-order valence-corrected chi connectivity index (χ4v) is 4.10. The monoisotopic (exact) mass is 445 g/mol. The molecule has 28 heavy (non-hydrogen) atoms. The summed E-state index contributed by atoms with van der Waals surface area (Å²) >= 11 is 3.51. The molecule has 7 heteroatoms. The van der Waals surface area contributed by atoms with Gasteiger partial charge in [0, 0.05) is 63.6 Å². The lowest BCUT2D eigenvalue weighted by Gasteiger charge is -2.22. The standard InChI is InChI=1S/C21H28BrN5O/c1-23-21(26(3)15-19-11-18(22)14-25(19)2)24-10-6-9-20(28)27-12-16-7-4-5-8-17(16)13-27/h4-5,7-8,11,14H,6,9-10,12-13,15H2,1-3H3,(H,23,24). The smallest absolute Gasteiger partial charge is 0.223 e. The summed E-state index contributed by atoms with van der Waals surface area (Å²) in [5, 5.41) is 3.36. The largest absolute Gasteiger partial charge is 0.356 e. The van der Waals surface area contributed by atoms with Crippen molar-refractivity contribution in [2.75, 3.05) is 20.6 Å². The molecule has 1 amide bonds. The third-order valence-electron chi connectivity index (χ3n) is 5.09. The number of nitrogens with zero attached hydrogens (tertiary/aromatic N) is 4. The molecule has 6 nitrogen and oxygen atoms in total. The molecule has 0 atom stereocenters. The van der Waals surface area contributed by atoms with Crippen LogP contribution in [0.25, 0.3) is 0 Å². The van der Waals surface area contributed by atoms with Crippen LogP contribution in [0, 0.1) is 0 Å². The topological polar surface area (TPSA) is 52.9 Å². The van der Waals surface area contributed by atoms with Gasteiger partial charge in [-0.25, -0.2) is 0 Å². The number of fused-ring (bicyclic) bond motifs is 1. The van der Waals surface area contributed by atoms with E-state index >= 15 is 0 Å². The van der Waals surface area contributed by atoms with E-state index in [4.69, 9.17) is 0 Å². The molecule has 2 heterocycles. The maximum absolute atomic E-state index is 12.5. The van der Waals surface area contributed by atoms with Gasteiger partial charge in [0.15, 0.2) is 5.96 Å². The van der Waals surface area contributed by atoms with Crippen molar-refractivity contribution in [2.24, 2.45) is 12.0 Å². The van der Waals surface area contributed by atoms with Crippen molar-refractivity contribution < 1.29 is 4.79 Å². The fraction of sp³-hybridized carbons (Fsp3) is 0.429. The van der Waals surface area contributed by atoms with Crippen LogP contribution in [0.3, 0.4) is 0 Å². The summed E-state index contributed by atoms with van der Waals surface area (Å²) in [5.41, 5.74) is 3.73. The van der Waals surface area contributed by atoms with Crippen LogP contribution < -0.4 is 5.32 Å². The number of aliphatic imine (C=N–C) groups is 1. The second-order valence-electron chi connectivity index (χ2n) is 7.21. The maximum Gasteiger partial charge on any atom is 0.223 e. The van der Waals surface area contributed by atoms with Crippen LogP contribution >= 0.6 is 15.9 Å². The number of hydrogen-bond donors (Lipinski definition) is 1. The third-order valence-corrected chi connectivity index (χ3v) is 5.52. The fourth-order valence-electron chi connectivity index (χ4n) is 3.53. The predicted molar refractivity (Wildman–Crippen MR) is 116 cm³/mol. The number of amides is 1. The van der Waals surface area contributed by atoms with Crippen LogP contribution in [0.4, 0.5) is 0 Å². The van der Waals surface area contributed by atoms with Crippen LogP contribution in [-0.2, 0) is 31.5 Å². The first kappa shape index (κ1) is 20.5. The Kier molecular flexibility index (Phi) is 6.78. The molecule has 1 N–H and O–H groups in total. The van der Waals surface area contributed by atoms with Crippen molar-refractivity contribution in [2.45, 2.75) is 32.5 Å². The number of aryl methyl sites for hydroxylation is 1. The lowest BCUT2D eigenvalue weighted by molar-refractivity contribution is -0.131. The molecule has 150 valence electrons. The Morgan fingerprint density at radius 2 is 1.96 bits per heavy atom. The minimum Gasteiger partial charge on any atom is -0.356 e. The summed E-state index contributed by atoms with van der Waals surface area (Å²) < 4.78 is 3.17. The molecule has 0 spiro atoms. The number of hydrogen-bond acceptors (Lipinski definition) is 2. The van der Waals surface area contributed by atoms with E-state index in [1.807, 2.05) is 37.3 Å². The predicted octanol–water partition coefficient (Wildman–Crippen LogP) is 3.12. The Bertz CT molecular complexity index is 835. The summed E-state index contributed by atoms with van der Waals surface area (Å²) in [5.74, 6) is 1.05. The first-order chi connectivity index (χ1) is 13.5. The Morgan fingerprint density at radius 3 is 2.54 bits per heavy atom. The van der Waals surface area contributed by atoms with E-state index in [0.29, 0.717) is 6.42 Å². The van der Waals surface area contributed by atoms with Crippen LogP contribution in [0.15, 0.2) is 46.0 Å². The normalized spacial score (nSPS) is 13.6. The maximum atomic E-state index is 12.5. The highest BCUT2D eigenvalue weighted by Crippen LogP contribution is 2.22. The number of rotatable bonds is 6. The van der Waals surface area contributed by atoms with Crippen molar-refractivity contribution in [3.8, 4) is 0 Å². The summed E-state index contributed by atoms with van der Waals surface area (Å²) in [6.07, 6.45) is 3.38. The number of aromatic nitrogens is 1. The number of benzene rings is 1. The average Bonchev–Trinajstić information content (AvgIpc) is 3.24. The van der Waals surface area contributed by atoms with Crippen LogP contribution in [0.5, 0.6) is 0 Å². The molecule has 0 fully saturated rings. The van der Waals surface area contributed by atoms with Gasteiger partial charge in [-0.2, -0.15) is 0 Å². The van der Waals surface area contributed by atoms with E-state index < -0.39 is 0 Å². The Balaban J connectivity index is 1.41. The Morgan fingerprint density at radius 1 is 1.29 bits per heavy atom. The van der Waals surface area contributed by atoms with Gasteiger partial charge in [0.25, 0.3) is 0 Å². The minimum absolute atomic E-state index is 0.218. The molecule has 1 aromatic carbocycles. The van der Waals surface area contributed by atoms with E-state index in [2.05, 4.69) is 53.9 Å². The molecule has 0 radical (unpaired) electrons. The lowest BCUT2D eigenvalue weighted by Crippen LogP contribution is -2.39. The summed E-state index contributed by atoms with van der Waals surface area (Å²) in [6.45, 7) is 2.95. The van der Waals surface area contributed by atoms with E-state index in [0.717, 1.165) is 43.0 Å². The summed E-state index contributed by atoms with van der Waals surface area (Å²) in [7, 11) is 5.83. The van der Waals surface area contributed by atoms with Crippen LogP contribution in [0.2, 0.25) is 0 Å². The first-order valence-corrected chi connectivity index (χ1v) is 10.3. The third kappa shape index (κ3) is 4.95. The molecule has 0 aliphatic carbocycles. The highest BCUT2D eigenvalue weighted by Gasteiger charge is 2.22. The Labute approximate surface area is 175 Å². The van der Waals surface area contributed by atoms with Gasteiger partial charge >= 0.3 is 0 Å². The van der Waals surface area contributed by atoms with Crippen molar-refractivity contribution in [3.05, 3.63) is 57.8 Å². The molecule has 0 unspecified atom stereocenters. The second-order valence-corrected chi connectivity index (χ2v) is 8.13. The SMILES string of the molecule is CN=C(NCCCC(=O)N1Cc2ccccc2C1)N(C)Cc1cc(Br)cn1C. The Hall–Kier alpha value is -2.28. The number of nitrogens with one attached hydrogen (secondary N) is 1. The average molecular weight is 446 g/mol. The molecule has 3 rings (SSSR count). The minimum atomic E-state index is 0.218. The zero-order valence-corrected chi connectivity index (χ0v) is 18.4. The van der Waals surface area contributed by atoms with Gasteiger partial charge < -0.3 is 19.7 Å². The van der Waals surface area contributed by atoms with E-state index in [1.54, 1.807) is 7.05 Å². The van der Waals surface area contributed by atoms with Crippen LogP contribution in [-0.4, -0.2) is 46.9 Å². The molecule has 1 aliphatic rings. The van der Waals surface area contributed by atoms with Gasteiger partial charge in [-0.05, 0) is 39.5 Å². The van der Waals surface area contributed by atoms with Gasteiger partial charge in [0.05, 0.1) is 6.54 Å². The summed E-state index contributed by atoms with van der Waals surface area (Å²) in [6, 6.07) is 10.4. The lowest BCUT2D eigenvalue weighted by atomic mass is 10.1. The molecule has 0 bridgehead atoms. The quantitative estimate of drug-likeness (QED) is 0.422. The second kappa shape index (κ2) is 9.28. The van der Waals surface area contributed by atoms with Crippen molar-refractivity contribution in [1.29, 1.82) is 0 Å². The zero-order valence-electron chi connectivity index (χ0n) is 16.8. The van der Waals surface area contributed by atoms with E-state index in [-0.39, 0.29) is 5.91 Å². The van der Waals surface area contributed by atoms with Gasteiger partial charge in [0.2, 0.25) is 5.91 Å². The molecule has 2 aromatic rings. The zero-order chi connectivity index (χ0) is 20.1. The molecule has 0 saturated heterocycles. The van der Waals surface area contributed by atoms with Gasteiger partial charge in [0.1, 0.15) is 0 Å². The molecule has 1 aromatic heterocycles. The number of halogens is 1. The van der Waals surface area contributed by atoms with Gasteiger partial charge in [-0.1, -0.05) is 24.3 Å². The van der Waals surface area contributed by atoms with Gasteiger partial charge in [-0.15, -0.1) is 0 Å². The van der Waals surface area contributed by atoms with Gasteiger partial charge in [-0.3, -0.25) is 9.79 Å². The van der Waals surface area contributed by atoms with Crippen molar-refractivity contribution in [3.63, 3.8) is 0 Å². The number of carbonyl (C=O) groups is 1. The number of guanidine groups is 1. The van der Waals surface area contributed by atoms with E-state index in [9.17, 15) is 4.79 Å². The van der Waals surface area contributed by atoms with Crippen molar-refractivity contribution in [1.82, 2.24) is 19.7 Å². The molecular formula is C21H28BrN5O. The highest BCUT2D eigenvalue weighted by molar-refractivity contribution is 9.10. The molecule has 1 aliphatic heterocycles. The summed E-state index contributed by atoms with van der Waals surface area (Å²) in [4.78, 5) is 20.9. The molecule has 0 saturated carbocycles. The van der Waals surface area contributed by atoms with Crippen LogP contribution in [0.1, 0.15) is 29.7 Å².